The molecule has 140 valence electrons. The van der Waals surface area contributed by atoms with Gasteiger partial charge in [0, 0.05) is 16.7 Å². The molecule has 0 aliphatic carbocycles. The molecule has 2 aromatic carbocycles. The number of rotatable bonds is 4. The normalized spacial score (nSPS) is 12.1. The summed E-state index contributed by atoms with van der Waals surface area (Å²) in [5.74, 6) is 0.327. The van der Waals surface area contributed by atoms with Crippen LogP contribution in [0.25, 0.3) is 22.4 Å². The Bertz CT molecular complexity index is 1060. The molecule has 0 radical (unpaired) electrons. The Hall–Kier alpha value is -2.77. The summed E-state index contributed by atoms with van der Waals surface area (Å²) in [6.07, 6.45) is 3.06. The number of nitrogens with two attached hydrogens (primary N) is 1. The highest BCUT2D eigenvalue weighted by molar-refractivity contribution is 7.89. The summed E-state index contributed by atoms with van der Waals surface area (Å²) in [5.41, 5.74) is 7.80. The molecule has 27 heavy (non-hydrogen) atoms. The molecule has 3 aromatic rings. The molecule has 1 aromatic heterocycles. The Kier molecular flexibility index (Phi) is 4.99. The molecule has 0 saturated heterocycles. The van der Waals surface area contributed by atoms with Crippen molar-refractivity contribution >= 4 is 15.8 Å². The van der Waals surface area contributed by atoms with Gasteiger partial charge in [0.1, 0.15) is 5.82 Å². The molecule has 3 N–H and O–H groups in total. The number of hydrogen-bond donors (Lipinski definition) is 2. The molecular formula is C20H22N4O2S. The largest absolute Gasteiger partial charge is 0.382 e. The first-order valence-electron chi connectivity index (χ1n) is 8.48. The second kappa shape index (κ2) is 7.09. The standard InChI is InChI=1S/C20H22N4O2S/c1-20(2,3)24-27(25,26)18-11-7-6-10-16(18)14-8-4-5-9-15(14)17-12-23-19(21)13-22-17/h4-13,24H,1-3H3,(H2,21,23). The van der Waals surface area contributed by atoms with E-state index in [1.165, 1.54) is 6.20 Å². The van der Waals surface area contributed by atoms with E-state index in [4.69, 9.17) is 5.73 Å². The van der Waals surface area contributed by atoms with Gasteiger partial charge >= 0.3 is 0 Å². The minimum atomic E-state index is -3.71. The van der Waals surface area contributed by atoms with Crippen molar-refractivity contribution in [3.8, 4) is 22.4 Å². The van der Waals surface area contributed by atoms with Gasteiger partial charge in [0.2, 0.25) is 10.0 Å². The summed E-state index contributed by atoms with van der Waals surface area (Å²) in [4.78, 5) is 8.65. The number of nitrogens with one attached hydrogen (secondary N) is 1. The number of hydrogen-bond acceptors (Lipinski definition) is 5. The smallest absolute Gasteiger partial charge is 0.241 e. The van der Waals surface area contributed by atoms with Gasteiger partial charge in [0.05, 0.1) is 23.0 Å². The van der Waals surface area contributed by atoms with E-state index in [9.17, 15) is 8.42 Å². The summed E-state index contributed by atoms with van der Waals surface area (Å²) in [6.45, 7) is 5.43. The monoisotopic (exact) mass is 382 g/mol. The highest BCUT2D eigenvalue weighted by atomic mass is 32.2. The van der Waals surface area contributed by atoms with Gasteiger partial charge in [0.15, 0.2) is 0 Å². The number of nitrogen functional groups attached to an aromatic ring is 1. The van der Waals surface area contributed by atoms with Crippen molar-refractivity contribution in [2.45, 2.75) is 31.2 Å². The van der Waals surface area contributed by atoms with Crippen LogP contribution >= 0.6 is 0 Å². The molecule has 0 aliphatic rings. The van der Waals surface area contributed by atoms with Gasteiger partial charge in [-0.25, -0.2) is 18.1 Å². The number of benzene rings is 2. The average Bonchev–Trinajstić information content (AvgIpc) is 2.60. The number of sulfonamides is 1. The summed E-state index contributed by atoms with van der Waals surface area (Å²) in [5, 5.41) is 0. The van der Waals surface area contributed by atoms with Crippen LogP contribution < -0.4 is 10.5 Å². The lowest BCUT2D eigenvalue weighted by atomic mass is 9.98. The average molecular weight is 382 g/mol. The van der Waals surface area contributed by atoms with E-state index in [0.29, 0.717) is 17.1 Å². The lowest BCUT2D eigenvalue weighted by Crippen LogP contribution is -2.40. The first kappa shape index (κ1) is 19.0. The third-order valence-electron chi connectivity index (χ3n) is 3.78. The van der Waals surface area contributed by atoms with E-state index < -0.39 is 15.6 Å². The third-order valence-corrected chi connectivity index (χ3v) is 5.60. The Morgan fingerprint density at radius 1 is 0.852 bits per heavy atom. The van der Waals surface area contributed by atoms with E-state index in [1.807, 2.05) is 51.1 Å². The Balaban J connectivity index is 2.19. The molecule has 1 heterocycles. The van der Waals surface area contributed by atoms with Crippen LogP contribution in [-0.2, 0) is 10.0 Å². The van der Waals surface area contributed by atoms with Gasteiger partial charge in [-0.1, -0.05) is 42.5 Å². The van der Waals surface area contributed by atoms with E-state index >= 15 is 0 Å². The Morgan fingerprint density at radius 2 is 1.44 bits per heavy atom. The summed E-state index contributed by atoms with van der Waals surface area (Å²) in [6, 6.07) is 14.4. The molecule has 0 unspecified atom stereocenters. The highest BCUT2D eigenvalue weighted by Gasteiger charge is 2.25. The van der Waals surface area contributed by atoms with Crippen LogP contribution in [0, 0.1) is 0 Å². The number of nitrogens with zero attached hydrogens (tertiary/aromatic N) is 2. The van der Waals surface area contributed by atoms with Crippen LogP contribution in [0.3, 0.4) is 0 Å². The first-order valence-corrected chi connectivity index (χ1v) is 9.96. The molecule has 0 atom stereocenters. The van der Waals surface area contributed by atoms with Crippen molar-refractivity contribution in [1.82, 2.24) is 14.7 Å². The summed E-state index contributed by atoms with van der Waals surface area (Å²) >= 11 is 0. The van der Waals surface area contributed by atoms with E-state index in [0.717, 1.165) is 11.1 Å². The lowest BCUT2D eigenvalue weighted by Gasteiger charge is -2.22. The SMILES string of the molecule is CC(C)(C)NS(=O)(=O)c1ccccc1-c1ccccc1-c1cnc(N)cn1. The topological polar surface area (TPSA) is 98.0 Å². The number of aromatic nitrogens is 2. The molecule has 0 amide bonds. The molecule has 0 spiro atoms. The fourth-order valence-corrected chi connectivity index (χ4v) is 4.44. The fraction of sp³-hybridized carbons (Fsp3) is 0.200. The van der Waals surface area contributed by atoms with Crippen molar-refractivity contribution in [3.63, 3.8) is 0 Å². The highest BCUT2D eigenvalue weighted by Crippen LogP contribution is 2.35. The molecule has 0 aliphatic heterocycles. The minimum absolute atomic E-state index is 0.218. The fourth-order valence-electron chi connectivity index (χ4n) is 2.80. The second-order valence-electron chi connectivity index (χ2n) is 7.22. The van der Waals surface area contributed by atoms with Gasteiger partial charge in [0.25, 0.3) is 0 Å². The predicted molar refractivity (Wildman–Crippen MR) is 107 cm³/mol. The molecule has 7 heteroatoms. The predicted octanol–water partition coefficient (Wildman–Crippen LogP) is 3.47. The maximum absolute atomic E-state index is 13.0. The molecule has 6 nitrogen and oxygen atoms in total. The van der Waals surface area contributed by atoms with E-state index in [1.54, 1.807) is 24.4 Å². The van der Waals surface area contributed by atoms with Crippen molar-refractivity contribution in [3.05, 3.63) is 60.9 Å². The van der Waals surface area contributed by atoms with Crippen molar-refractivity contribution in [2.24, 2.45) is 0 Å². The zero-order valence-corrected chi connectivity index (χ0v) is 16.3. The molecule has 0 fully saturated rings. The second-order valence-corrected chi connectivity index (χ2v) is 8.87. The van der Waals surface area contributed by atoms with Crippen molar-refractivity contribution in [1.29, 1.82) is 0 Å². The van der Waals surface area contributed by atoms with Crippen LogP contribution in [0.4, 0.5) is 5.82 Å². The van der Waals surface area contributed by atoms with Gasteiger partial charge in [-0.15, -0.1) is 0 Å². The Morgan fingerprint density at radius 3 is 2.04 bits per heavy atom. The summed E-state index contributed by atoms with van der Waals surface area (Å²) < 4.78 is 28.7. The maximum atomic E-state index is 13.0. The first-order chi connectivity index (χ1) is 12.7. The van der Waals surface area contributed by atoms with E-state index in [-0.39, 0.29) is 4.90 Å². The third kappa shape index (κ3) is 4.32. The van der Waals surface area contributed by atoms with Gasteiger partial charge in [-0.3, -0.25) is 4.98 Å². The van der Waals surface area contributed by atoms with Crippen molar-refractivity contribution in [2.75, 3.05) is 5.73 Å². The van der Waals surface area contributed by atoms with Gasteiger partial charge < -0.3 is 5.73 Å². The zero-order valence-electron chi connectivity index (χ0n) is 15.5. The molecular weight excluding hydrogens is 360 g/mol. The van der Waals surface area contributed by atoms with Crippen LogP contribution in [0.1, 0.15) is 20.8 Å². The minimum Gasteiger partial charge on any atom is -0.382 e. The lowest BCUT2D eigenvalue weighted by molar-refractivity contribution is 0.491. The summed E-state index contributed by atoms with van der Waals surface area (Å²) in [7, 11) is -3.71. The van der Waals surface area contributed by atoms with Crippen molar-refractivity contribution < 1.29 is 8.42 Å². The number of anilines is 1. The van der Waals surface area contributed by atoms with Crippen LogP contribution in [0.5, 0.6) is 0 Å². The quantitative estimate of drug-likeness (QED) is 0.720. The van der Waals surface area contributed by atoms with Crippen LogP contribution in [0.2, 0.25) is 0 Å². The van der Waals surface area contributed by atoms with Gasteiger partial charge in [-0.2, -0.15) is 0 Å². The maximum Gasteiger partial charge on any atom is 0.241 e. The van der Waals surface area contributed by atoms with Crippen LogP contribution in [0.15, 0.2) is 65.8 Å². The van der Waals surface area contributed by atoms with Crippen LogP contribution in [-0.4, -0.2) is 23.9 Å². The Labute approximate surface area is 159 Å². The van der Waals surface area contributed by atoms with Gasteiger partial charge in [-0.05, 0) is 32.4 Å². The molecule has 3 rings (SSSR count). The molecule has 0 saturated carbocycles. The van der Waals surface area contributed by atoms with E-state index in [2.05, 4.69) is 14.7 Å². The molecule has 0 bridgehead atoms. The zero-order chi connectivity index (χ0) is 19.7.